The van der Waals surface area contributed by atoms with Gasteiger partial charge in [-0.1, -0.05) is 0 Å². The quantitative estimate of drug-likeness (QED) is 0.729. The van der Waals surface area contributed by atoms with Crippen LogP contribution in [0, 0.1) is 13.8 Å². The maximum atomic E-state index is 11.7. The number of hydrogen-bond donors (Lipinski definition) is 0. The molecule has 0 unspecified atom stereocenters. The standard InChI is InChI=1S/C9H12OS3/c1-5-7(10)6(2)9(12-4)13-8(5)11-3/h1-4H3. The lowest BCUT2D eigenvalue weighted by Gasteiger charge is -2.05. The Hall–Kier alpha value is 0.0700. The number of thioether (sulfide) groups is 2. The Bertz CT molecular complexity index is 337. The van der Waals surface area contributed by atoms with Crippen LogP contribution in [0.1, 0.15) is 11.1 Å². The monoisotopic (exact) mass is 232 g/mol. The van der Waals surface area contributed by atoms with E-state index in [1.807, 2.05) is 26.4 Å². The predicted octanol–water partition coefficient (Wildman–Crippen LogP) is 3.17. The molecule has 0 aliphatic rings. The molecule has 0 fully saturated rings. The molecule has 1 nitrogen and oxygen atoms in total. The lowest BCUT2D eigenvalue weighted by Crippen LogP contribution is -2.09. The molecule has 0 spiro atoms. The summed E-state index contributed by atoms with van der Waals surface area (Å²) in [6.45, 7) is 3.81. The Kier molecular flexibility index (Phi) is 3.88. The summed E-state index contributed by atoms with van der Waals surface area (Å²) >= 11 is 5.02. The van der Waals surface area contributed by atoms with Crippen molar-refractivity contribution < 1.29 is 0 Å². The molecule has 0 radical (unpaired) electrons. The SMILES string of the molecule is CSc1sc(SC)c(C)c(=O)c1C. The fraction of sp³-hybridized carbons (Fsp3) is 0.444. The molecule has 0 N–H and O–H groups in total. The van der Waals surface area contributed by atoms with Crippen LogP contribution in [-0.4, -0.2) is 12.5 Å². The van der Waals surface area contributed by atoms with Gasteiger partial charge in [0.25, 0.3) is 0 Å². The lowest BCUT2D eigenvalue weighted by molar-refractivity contribution is 1.23. The van der Waals surface area contributed by atoms with Crippen molar-refractivity contribution in [2.24, 2.45) is 0 Å². The molecule has 0 amide bonds. The third kappa shape index (κ3) is 2.11. The van der Waals surface area contributed by atoms with Gasteiger partial charge in [-0.25, -0.2) is 0 Å². The molecule has 0 aliphatic heterocycles. The Labute approximate surface area is 90.9 Å². The van der Waals surface area contributed by atoms with Gasteiger partial charge in [0.05, 0.1) is 8.42 Å². The minimum absolute atomic E-state index is 0.201. The van der Waals surface area contributed by atoms with Crippen molar-refractivity contribution in [3.8, 4) is 0 Å². The summed E-state index contributed by atoms with van der Waals surface area (Å²) in [5.41, 5.74) is 1.99. The van der Waals surface area contributed by atoms with E-state index in [1.54, 1.807) is 34.9 Å². The summed E-state index contributed by atoms with van der Waals surface area (Å²) < 4.78 is 2.28. The second kappa shape index (κ2) is 4.53. The highest BCUT2D eigenvalue weighted by Crippen LogP contribution is 2.31. The van der Waals surface area contributed by atoms with E-state index in [0.29, 0.717) is 0 Å². The summed E-state index contributed by atoms with van der Waals surface area (Å²) in [6.07, 6.45) is 4.02. The molecule has 0 saturated carbocycles. The van der Waals surface area contributed by atoms with Crippen LogP contribution in [-0.2, 0) is 0 Å². The van der Waals surface area contributed by atoms with Crippen molar-refractivity contribution in [1.82, 2.24) is 0 Å². The number of rotatable bonds is 2. The summed E-state index contributed by atoms with van der Waals surface area (Å²) in [7, 11) is 0. The van der Waals surface area contributed by atoms with Crippen LogP contribution < -0.4 is 5.43 Å². The molecule has 4 heteroatoms. The maximum Gasteiger partial charge on any atom is 0.188 e. The first-order chi connectivity index (χ1) is 6.11. The van der Waals surface area contributed by atoms with Gasteiger partial charge in [-0.15, -0.1) is 34.9 Å². The van der Waals surface area contributed by atoms with E-state index in [4.69, 9.17) is 0 Å². The predicted molar refractivity (Wildman–Crippen MR) is 63.6 cm³/mol. The van der Waals surface area contributed by atoms with Gasteiger partial charge in [-0.05, 0) is 26.4 Å². The third-order valence-corrected chi connectivity index (χ3v) is 5.69. The molecule has 0 atom stereocenters. The second-order valence-corrected chi connectivity index (χ2v) is 5.83. The highest BCUT2D eigenvalue weighted by molar-refractivity contribution is 8.02. The van der Waals surface area contributed by atoms with E-state index < -0.39 is 0 Å². The Balaban J connectivity index is 3.46. The van der Waals surface area contributed by atoms with Crippen LogP contribution >= 0.6 is 34.9 Å². The van der Waals surface area contributed by atoms with Crippen LogP contribution in [0.5, 0.6) is 0 Å². The van der Waals surface area contributed by atoms with Crippen molar-refractivity contribution in [1.29, 1.82) is 0 Å². The van der Waals surface area contributed by atoms with Crippen molar-refractivity contribution in [2.45, 2.75) is 22.3 Å². The van der Waals surface area contributed by atoms with E-state index in [-0.39, 0.29) is 5.43 Å². The van der Waals surface area contributed by atoms with Gasteiger partial charge >= 0.3 is 0 Å². The highest BCUT2D eigenvalue weighted by atomic mass is 32.2. The molecule has 0 saturated heterocycles. The van der Waals surface area contributed by atoms with Crippen LogP contribution in [0.3, 0.4) is 0 Å². The van der Waals surface area contributed by atoms with Crippen molar-refractivity contribution in [3.05, 3.63) is 21.4 Å². The zero-order chi connectivity index (χ0) is 10.0. The third-order valence-electron chi connectivity index (χ3n) is 1.85. The normalized spacial score (nSPS) is 10.5. The van der Waals surface area contributed by atoms with Crippen molar-refractivity contribution >= 4 is 34.9 Å². The number of hydrogen-bond acceptors (Lipinski definition) is 4. The molecule has 0 aliphatic carbocycles. The molecule has 0 bridgehead atoms. The van der Waals surface area contributed by atoms with Crippen LogP contribution in [0.15, 0.2) is 13.2 Å². The highest BCUT2D eigenvalue weighted by Gasteiger charge is 2.09. The minimum atomic E-state index is 0.201. The minimum Gasteiger partial charge on any atom is -0.289 e. The van der Waals surface area contributed by atoms with Crippen molar-refractivity contribution in [2.75, 3.05) is 12.5 Å². The molecule has 1 aromatic rings. The Morgan fingerprint density at radius 2 is 1.38 bits per heavy atom. The summed E-state index contributed by atoms with van der Waals surface area (Å²) in [6, 6.07) is 0. The van der Waals surface area contributed by atoms with Crippen LogP contribution in [0.25, 0.3) is 0 Å². The van der Waals surface area contributed by atoms with Gasteiger partial charge in [0, 0.05) is 11.1 Å². The van der Waals surface area contributed by atoms with E-state index >= 15 is 0 Å². The van der Waals surface area contributed by atoms with Crippen molar-refractivity contribution in [3.63, 3.8) is 0 Å². The molecule has 1 rings (SSSR count). The fourth-order valence-electron chi connectivity index (χ4n) is 1.09. The largest absolute Gasteiger partial charge is 0.289 e. The lowest BCUT2D eigenvalue weighted by atomic mass is 10.2. The average Bonchev–Trinajstić information content (AvgIpc) is 2.15. The smallest absolute Gasteiger partial charge is 0.188 e. The molecule has 13 heavy (non-hydrogen) atoms. The first kappa shape index (κ1) is 11.1. The maximum absolute atomic E-state index is 11.7. The van der Waals surface area contributed by atoms with Gasteiger partial charge in [0.15, 0.2) is 5.43 Å². The molecular weight excluding hydrogens is 220 g/mol. The molecule has 1 heterocycles. The van der Waals surface area contributed by atoms with E-state index in [0.717, 1.165) is 19.5 Å². The first-order valence-electron chi connectivity index (χ1n) is 3.84. The van der Waals surface area contributed by atoms with E-state index in [2.05, 4.69) is 0 Å². The second-order valence-electron chi connectivity index (χ2n) is 2.66. The molecular formula is C9H12OS3. The first-order valence-corrected chi connectivity index (χ1v) is 7.10. The molecule has 72 valence electrons. The summed E-state index contributed by atoms with van der Waals surface area (Å²) in [5.74, 6) is 0. The Morgan fingerprint density at radius 1 is 1.00 bits per heavy atom. The zero-order valence-corrected chi connectivity index (χ0v) is 10.6. The van der Waals surface area contributed by atoms with Gasteiger partial charge in [0.1, 0.15) is 0 Å². The summed E-state index contributed by atoms with van der Waals surface area (Å²) in [4.78, 5) is 11.7. The fourth-order valence-corrected chi connectivity index (χ4v) is 3.88. The van der Waals surface area contributed by atoms with Gasteiger partial charge in [-0.2, -0.15) is 0 Å². The zero-order valence-electron chi connectivity index (χ0n) is 8.13. The molecule has 1 aromatic heterocycles. The topological polar surface area (TPSA) is 17.1 Å². The van der Waals surface area contributed by atoms with Gasteiger partial charge in [0.2, 0.25) is 0 Å². The van der Waals surface area contributed by atoms with E-state index in [1.165, 1.54) is 0 Å². The molecule has 0 aromatic carbocycles. The van der Waals surface area contributed by atoms with Crippen LogP contribution in [0.2, 0.25) is 0 Å². The van der Waals surface area contributed by atoms with Gasteiger partial charge in [-0.3, -0.25) is 4.79 Å². The van der Waals surface area contributed by atoms with E-state index in [9.17, 15) is 4.79 Å². The average molecular weight is 232 g/mol. The Morgan fingerprint density at radius 3 is 1.69 bits per heavy atom. The van der Waals surface area contributed by atoms with Crippen LogP contribution in [0.4, 0.5) is 0 Å². The summed E-state index contributed by atoms with van der Waals surface area (Å²) in [5, 5.41) is 0. The van der Waals surface area contributed by atoms with Gasteiger partial charge < -0.3 is 0 Å².